The average molecular weight is 1090 g/mol. The van der Waals surface area contributed by atoms with Gasteiger partial charge in [0.25, 0.3) is 0 Å². The van der Waals surface area contributed by atoms with Crippen LogP contribution in [0, 0.1) is 0 Å². The molecule has 1 atom stereocenters. The van der Waals surface area contributed by atoms with Crippen molar-refractivity contribution in [2.24, 2.45) is 0 Å². The quantitative estimate of drug-likeness (QED) is 0.0261. The van der Waals surface area contributed by atoms with Gasteiger partial charge in [0.05, 0.1) is 0 Å². The summed E-state index contributed by atoms with van der Waals surface area (Å²) in [7, 11) is 0. The highest BCUT2D eigenvalue weighted by molar-refractivity contribution is 5.71. The van der Waals surface area contributed by atoms with Crippen LogP contribution in [0.2, 0.25) is 0 Å². The molecule has 1 unspecified atom stereocenters. The van der Waals surface area contributed by atoms with Gasteiger partial charge < -0.3 is 14.2 Å². The Morgan fingerprint density at radius 3 is 0.821 bits per heavy atom. The first-order chi connectivity index (χ1) is 38.5. The van der Waals surface area contributed by atoms with E-state index in [1.807, 2.05) is 0 Å². The van der Waals surface area contributed by atoms with Gasteiger partial charge in [-0.2, -0.15) is 0 Å². The topological polar surface area (TPSA) is 78.9 Å². The average Bonchev–Trinajstić information content (AvgIpc) is 3.44. The molecule has 0 aromatic rings. The normalized spacial score (nSPS) is 12.7. The number of rotatable bonds is 60. The van der Waals surface area contributed by atoms with Crippen LogP contribution in [0.25, 0.3) is 0 Å². The zero-order valence-corrected chi connectivity index (χ0v) is 51.4. The van der Waals surface area contributed by atoms with E-state index in [0.29, 0.717) is 19.3 Å². The molecule has 78 heavy (non-hydrogen) atoms. The lowest BCUT2D eigenvalue weighted by atomic mass is 10.0. The molecule has 0 N–H and O–H groups in total. The molecular formula is C72H124O6. The molecule has 0 aromatic heterocycles. The smallest absolute Gasteiger partial charge is 0.306 e. The summed E-state index contributed by atoms with van der Waals surface area (Å²) < 4.78 is 16.9. The number of allylic oxidation sites excluding steroid dienone is 16. The molecule has 0 bridgehead atoms. The van der Waals surface area contributed by atoms with Crippen molar-refractivity contribution < 1.29 is 28.6 Å². The van der Waals surface area contributed by atoms with Crippen LogP contribution in [0.1, 0.15) is 323 Å². The summed E-state index contributed by atoms with van der Waals surface area (Å²) >= 11 is 0. The Labute approximate surface area is 483 Å². The summed E-state index contributed by atoms with van der Waals surface area (Å²) in [5.41, 5.74) is 0. The minimum atomic E-state index is -0.796. The maximum atomic E-state index is 12.9. The molecule has 6 heteroatoms. The molecule has 0 amide bonds. The van der Waals surface area contributed by atoms with E-state index in [9.17, 15) is 14.4 Å². The summed E-state index contributed by atoms with van der Waals surface area (Å²) in [6.45, 7) is 6.50. The third-order valence-corrected chi connectivity index (χ3v) is 14.3. The molecule has 0 fully saturated rings. The predicted molar refractivity (Wildman–Crippen MR) is 339 cm³/mol. The Bertz CT molecular complexity index is 1530. The van der Waals surface area contributed by atoms with Crippen LogP contribution >= 0.6 is 0 Å². The van der Waals surface area contributed by atoms with Crippen LogP contribution in [-0.2, 0) is 28.6 Å². The summed E-state index contributed by atoms with van der Waals surface area (Å²) in [5, 5.41) is 0. The van der Waals surface area contributed by atoms with Crippen LogP contribution in [0.3, 0.4) is 0 Å². The van der Waals surface area contributed by atoms with Gasteiger partial charge in [-0.25, -0.2) is 0 Å². The van der Waals surface area contributed by atoms with E-state index in [4.69, 9.17) is 14.2 Å². The van der Waals surface area contributed by atoms with Gasteiger partial charge in [-0.1, -0.05) is 279 Å². The van der Waals surface area contributed by atoms with E-state index in [1.54, 1.807) is 0 Å². The standard InChI is InChI=1S/C72H124O6/c1-4-7-10-13-16-19-22-25-27-29-31-33-35-36-38-39-41-43-45-47-50-53-56-59-62-65-71(74)77-68-69(67-76-70(73)64-61-58-55-52-49-24-21-18-15-12-9-6-3)78-72(75)66-63-60-57-54-51-48-46-44-42-40-37-34-32-30-28-26-23-20-17-14-11-8-5-2/h8,11,17-18,20-21,26,28-29,31-32,34,40,42,46,48,69H,4-7,9-10,12-16,19,22-25,27,30,33,35-39,41,43-45,47,49-68H2,1-3H3/b11-8-,20-17-,21-18-,28-26-,31-29-,34-32-,42-40-,48-46-. The lowest BCUT2D eigenvalue weighted by molar-refractivity contribution is -0.167. The van der Waals surface area contributed by atoms with Crippen LogP contribution < -0.4 is 0 Å². The van der Waals surface area contributed by atoms with Gasteiger partial charge >= 0.3 is 17.9 Å². The summed E-state index contributed by atoms with van der Waals surface area (Å²) in [6.07, 6.45) is 88.5. The SMILES string of the molecule is CC/C=C\C/C=C\C/C=C\C/C=C\C/C=C\C/C=C\CCCCCCC(=O)OC(COC(=O)CCCCCCC/C=C\CCCCC)COC(=O)CCCCCCCCCCCCCCC/C=C\CCCCCCCCCC. The number of unbranched alkanes of at least 4 members (excludes halogenated alkanes) is 33. The second-order valence-corrected chi connectivity index (χ2v) is 22.0. The Hall–Kier alpha value is -3.67. The molecular weight excluding hydrogens is 961 g/mol. The third-order valence-electron chi connectivity index (χ3n) is 14.3. The highest BCUT2D eigenvalue weighted by Gasteiger charge is 2.19. The number of ether oxygens (including phenoxy) is 3. The second-order valence-electron chi connectivity index (χ2n) is 22.0. The molecule has 0 radical (unpaired) electrons. The van der Waals surface area contributed by atoms with Crippen molar-refractivity contribution >= 4 is 17.9 Å². The van der Waals surface area contributed by atoms with E-state index in [-0.39, 0.29) is 31.1 Å². The molecule has 0 saturated carbocycles. The van der Waals surface area contributed by atoms with Crippen LogP contribution in [0.15, 0.2) is 97.2 Å². The van der Waals surface area contributed by atoms with Gasteiger partial charge in [-0.05, 0) is 122 Å². The van der Waals surface area contributed by atoms with E-state index < -0.39 is 6.10 Å². The minimum Gasteiger partial charge on any atom is -0.462 e. The molecule has 0 heterocycles. The number of hydrogen-bond donors (Lipinski definition) is 0. The Morgan fingerprint density at radius 1 is 0.269 bits per heavy atom. The zero-order valence-electron chi connectivity index (χ0n) is 51.4. The van der Waals surface area contributed by atoms with Crippen molar-refractivity contribution in [3.63, 3.8) is 0 Å². The van der Waals surface area contributed by atoms with E-state index >= 15 is 0 Å². The predicted octanol–water partition coefficient (Wildman–Crippen LogP) is 22.8. The van der Waals surface area contributed by atoms with Crippen molar-refractivity contribution in [2.75, 3.05) is 13.2 Å². The molecule has 0 aliphatic heterocycles. The highest BCUT2D eigenvalue weighted by Crippen LogP contribution is 2.16. The summed E-state index contributed by atoms with van der Waals surface area (Å²) in [6, 6.07) is 0. The Balaban J connectivity index is 4.33. The van der Waals surface area contributed by atoms with Gasteiger partial charge in [-0.15, -0.1) is 0 Å². The van der Waals surface area contributed by atoms with Gasteiger partial charge in [0.2, 0.25) is 0 Å². The van der Waals surface area contributed by atoms with E-state index in [1.165, 1.54) is 167 Å². The van der Waals surface area contributed by atoms with Gasteiger partial charge in [-0.3, -0.25) is 14.4 Å². The van der Waals surface area contributed by atoms with Gasteiger partial charge in [0.1, 0.15) is 13.2 Å². The number of carbonyl (C=O) groups excluding carboxylic acids is 3. The summed E-state index contributed by atoms with van der Waals surface area (Å²) in [4.78, 5) is 38.3. The fourth-order valence-corrected chi connectivity index (χ4v) is 9.32. The highest BCUT2D eigenvalue weighted by atomic mass is 16.6. The first-order valence-corrected chi connectivity index (χ1v) is 33.2. The molecule has 0 rings (SSSR count). The van der Waals surface area contributed by atoms with E-state index in [0.717, 1.165) is 116 Å². The Morgan fingerprint density at radius 2 is 0.500 bits per heavy atom. The molecule has 0 aliphatic carbocycles. The maximum Gasteiger partial charge on any atom is 0.306 e. The fraction of sp³-hybridized carbons (Fsp3) is 0.736. The van der Waals surface area contributed by atoms with Crippen molar-refractivity contribution in [3.05, 3.63) is 97.2 Å². The van der Waals surface area contributed by atoms with Crippen molar-refractivity contribution in [2.45, 2.75) is 329 Å². The molecule has 0 saturated heterocycles. The van der Waals surface area contributed by atoms with Crippen LogP contribution in [0.4, 0.5) is 0 Å². The van der Waals surface area contributed by atoms with Gasteiger partial charge in [0, 0.05) is 19.3 Å². The monoisotopic (exact) mass is 1080 g/mol. The van der Waals surface area contributed by atoms with Crippen molar-refractivity contribution in [1.82, 2.24) is 0 Å². The lowest BCUT2D eigenvalue weighted by Crippen LogP contribution is -2.30. The maximum absolute atomic E-state index is 12.9. The largest absolute Gasteiger partial charge is 0.462 e. The number of hydrogen-bond acceptors (Lipinski definition) is 6. The third kappa shape index (κ3) is 63.2. The van der Waals surface area contributed by atoms with E-state index in [2.05, 4.69) is 118 Å². The Kier molecular flexibility index (Phi) is 62.7. The van der Waals surface area contributed by atoms with Crippen LogP contribution in [0.5, 0.6) is 0 Å². The first-order valence-electron chi connectivity index (χ1n) is 33.2. The first kappa shape index (κ1) is 74.3. The second kappa shape index (κ2) is 65.8. The lowest BCUT2D eigenvalue weighted by Gasteiger charge is -2.18. The molecule has 0 aliphatic rings. The fourth-order valence-electron chi connectivity index (χ4n) is 9.32. The zero-order chi connectivity index (χ0) is 56.4. The number of esters is 3. The molecule has 0 spiro atoms. The number of carbonyl (C=O) groups is 3. The minimum absolute atomic E-state index is 0.0896. The van der Waals surface area contributed by atoms with Crippen molar-refractivity contribution in [1.29, 1.82) is 0 Å². The van der Waals surface area contributed by atoms with Crippen molar-refractivity contribution in [3.8, 4) is 0 Å². The molecule has 448 valence electrons. The van der Waals surface area contributed by atoms with Crippen LogP contribution in [-0.4, -0.2) is 37.2 Å². The molecule has 0 aromatic carbocycles. The van der Waals surface area contributed by atoms with Gasteiger partial charge in [0.15, 0.2) is 6.10 Å². The molecule has 6 nitrogen and oxygen atoms in total. The summed E-state index contributed by atoms with van der Waals surface area (Å²) in [5.74, 6) is -0.914.